The summed E-state index contributed by atoms with van der Waals surface area (Å²) in [6, 6.07) is 11.7. The van der Waals surface area contributed by atoms with Crippen molar-refractivity contribution in [3.8, 4) is 5.75 Å². The van der Waals surface area contributed by atoms with Gasteiger partial charge in [-0.25, -0.2) is 0 Å². The summed E-state index contributed by atoms with van der Waals surface area (Å²) in [5, 5.41) is 3.65. The first-order chi connectivity index (χ1) is 12.0. The number of ether oxygens (including phenoxy) is 1. The molecule has 0 fully saturated rings. The molecule has 2 rings (SSSR count). The van der Waals surface area contributed by atoms with E-state index in [1.165, 1.54) is 0 Å². The molecule has 0 saturated carbocycles. The number of hydrogen-bond acceptors (Lipinski definition) is 3. The molecule has 0 aliphatic carbocycles. The molecule has 0 aromatic heterocycles. The van der Waals surface area contributed by atoms with Gasteiger partial charge in [-0.15, -0.1) is 0 Å². The van der Waals surface area contributed by atoms with Crippen molar-refractivity contribution in [1.29, 1.82) is 0 Å². The maximum absolute atomic E-state index is 11.9. The minimum absolute atomic E-state index is 0.0235. The van der Waals surface area contributed by atoms with E-state index in [-0.39, 0.29) is 12.5 Å². The van der Waals surface area contributed by atoms with Gasteiger partial charge in [0.05, 0.1) is 0 Å². The zero-order valence-corrected chi connectivity index (χ0v) is 17.4. The molecule has 0 atom stereocenters. The van der Waals surface area contributed by atoms with Gasteiger partial charge in [0.2, 0.25) is 0 Å². The van der Waals surface area contributed by atoms with Gasteiger partial charge in [-0.3, -0.25) is 4.79 Å². The number of amides is 1. The number of rotatable bonds is 8. The van der Waals surface area contributed by atoms with Crippen LogP contribution in [0.4, 0.5) is 0 Å². The second kappa shape index (κ2) is 10.1. The molecule has 0 radical (unpaired) electrons. The van der Waals surface area contributed by atoms with Crippen molar-refractivity contribution in [1.82, 2.24) is 5.32 Å². The highest BCUT2D eigenvalue weighted by molar-refractivity contribution is 9.10. The van der Waals surface area contributed by atoms with Crippen LogP contribution in [0.15, 0.2) is 40.9 Å². The molecule has 0 heterocycles. The molecule has 0 aliphatic heterocycles. The third kappa shape index (κ3) is 6.57. The van der Waals surface area contributed by atoms with Crippen molar-refractivity contribution in [3.63, 3.8) is 0 Å². The Labute approximate surface area is 166 Å². The Balaban J connectivity index is 1.65. The summed E-state index contributed by atoms with van der Waals surface area (Å²) in [6.07, 6.45) is 0. The predicted octanol–water partition coefficient (Wildman–Crippen LogP) is 5.15. The van der Waals surface area contributed by atoms with Crippen molar-refractivity contribution < 1.29 is 9.53 Å². The molecule has 0 unspecified atom stereocenters. The summed E-state index contributed by atoms with van der Waals surface area (Å²) >= 11 is 11.4. The molecule has 0 spiro atoms. The maximum Gasteiger partial charge on any atom is 0.257 e. The summed E-state index contributed by atoms with van der Waals surface area (Å²) in [5.41, 5.74) is 3.29. The Morgan fingerprint density at radius 2 is 1.92 bits per heavy atom. The van der Waals surface area contributed by atoms with Gasteiger partial charge >= 0.3 is 0 Å². The van der Waals surface area contributed by atoms with Crippen LogP contribution in [0.3, 0.4) is 0 Å². The van der Waals surface area contributed by atoms with E-state index in [2.05, 4.69) is 21.2 Å². The molecule has 2 aromatic carbocycles. The minimum Gasteiger partial charge on any atom is -0.484 e. The summed E-state index contributed by atoms with van der Waals surface area (Å²) in [4.78, 5) is 11.9. The van der Waals surface area contributed by atoms with Crippen molar-refractivity contribution >= 4 is 45.2 Å². The number of aryl methyl sites for hydroxylation is 2. The van der Waals surface area contributed by atoms with E-state index in [0.717, 1.165) is 37.7 Å². The third-order valence-corrected chi connectivity index (χ3v) is 6.19. The number of halogens is 2. The molecule has 1 N–H and O–H groups in total. The normalized spacial score (nSPS) is 10.6. The van der Waals surface area contributed by atoms with E-state index in [1.807, 2.05) is 50.2 Å². The Kier molecular flexibility index (Phi) is 8.13. The number of benzene rings is 2. The Bertz CT molecular complexity index is 716. The van der Waals surface area contributed by atoms with Gasteiger partial charge in [0.1, 0.15) is 5.75 Å². The lowest BCUT2D eigenvalue weighted by Crippen LogP contribution is -2.30. The van der Waals surface area contributed by atoms with Crippen LogP contribution in [0.2, 0.25) is 5.02 Å². The van der Waals surface area contributed by atoms with Gasteiger partial charge in [-0.05, 0) is 48.7 Å². The van der Waals surface area contributed by atoms with Crippen LogP contribution < -0.4 is 10.1 Å². The first-order valence-corrected chi connectivity index (χ1v) is 10.3. The number of hydrogen-bond donors (Lipinski definition) is 1. The van der Waals surface area contributed by atoms with Gasteiger partial charge in [-0.1, -0.05) is 45.7 Å². The quantitative estimate of drug-likeness (QED) is 0.575. The molecule has 134 valence electrons. The molecule has 0 aliphatic rings. The highest BCUT2D eigenvalue weighted by atomic mass is 79.9. The van der Waals surface area contributed by atoms with Gasteiger partial charge < -0.3 is 10.1 Å². The maximum atomic E-state index is 11.9. The van der Waals surface area contributed by atoms with E-state index in [0.29, 0.717) is 12.3 Å². The average molecular weight is 443 g/mol. The van der Waals surface area contributed by atoms with Crippen LogP contribution >= 0.6 is 39.3 Å². The minimum atomic E-state index is -0.114. The summed E-state index contributed by atoms with van der Waals surface area (Å²) in [5.74, 6) is 2.26. The smallest absolute Gasteiger partial charge is 0.257 e. The third-order valence-electron chi connectivity index (χ3n) is 3.56. The molecular formula is C19H21BrClNO2S. The zero-order chi connectivity index (χ0) is 18.2. The zero-order valence-electron chi connectivity index (χ0n) is 14.3. The molecule has 6 heteroatoms. The number of carbonyl (C=O) groups is 1. The Morgan fingerprint density at radius 3 is 2.60 bits per heavy atom. The summed E-state index contributed by atoms with van der Waals surface area (Å²) in [7, 11) is 0. The molecule has 0 bridgehead atoms. The van der Waals surface area contributed by atoms with E-state index < -0.39 is 0 Å². The van der Waals surface area contributed by atoms with Crippen LogP contribution in [0, 0.1) is 13.8 Å². The van der Waals surface area contributed by atoms with Crippen molar-refractivity contribution in [2.75, 3.05) is 18.9 Å². The number of thioether (sulfide) groups is 1. The molecule has 0 saturated heterocycles. The fraction of sp³-hybridized carbons (Fsp3) is 0.316. The van der Waals surface area contributed by atoms with Crippen LogP contribution in [0.1, 0.15) is 16.7 Å². The monoisotopic (exact) mass is 441 g/mol. The Morgan fingerprint density at radius 1 is 1.24 bits per heavy atom. The lowest BCUT2D eigenvalue weighted by Gasteiger charge is -2.10. The van der Waals surface area contributed by atoms with Crippen LogP contribution in [-0.2, 0) is 10.5 Å². The van der Waals surface area contributed by atoms with Crippen molar-refractivity contribution in [3.05, 3.63) is 62.6 Å². The fourth-order valence-corrected chi connectivity index (χ4v) is 3.62. The standard InChI is InChI=1S/C19H21BrClNO2S/c1-13-9-16(10-14(2)19(13)20)24-11-18(23)22-7-8-25-12-15-5-3-4-6-17(15)21/h3-6,9-10H,7-8,11-12H2,1-2H3,(H,22,23). The molecule has 3 nitrogen and oxygen atoms in total. The molecule has 2 aromatic rings. The van der Waals surface area contributed by atoms with Crippen molar-refractivity contribution in [2.24, 2.45) is 0 Å². The van der Waals surface area contributed by atoms with Gasteiger partial charge in [-0.2, -0.15) is 11.8 Å². The second-order valence-corrected chi connectivity index (χ2v) is 7.96. The second-order valence-electron chi connectivity index (χ2n) is 5.65. The first-order valence-electron chi connectivity index (χ1n) is 7.94. The van der Waals surface area contributed by atoms with E-state index in [4.69, 9.17) is 16.3 Å². The lowest BCUT2D eigenvalue weighted by molar-refractivity contribution is -0.122. The summed E-state index contributed by atoms with van der Waals surface area (Å²) in [6.45, 7) is 4.63. The topological polar surface area (TPSA) is 38.3 Å². The lowest BCUT2D eigenvalue weighted by atomic mass is 10.1. The average Bonchev–Trinajstić information content (AvgIpc) is 2.59. The Hall–Kier alpha value is -1.17. The van der Waals surface area contributed by atoms with Crippen molar-refractivity contribution in [2.45, 2.75) is 19.6 Å². The van der Waals surface area contributed by atoms with Gasteiger partial charge in [0.25, 0.3) is 5.91 Å². The fourth-order valence-electron chi connectivity index (χ4n) is 2.25. The van der Waals surface area contributed by atoms with Crippen LogP contribution in [-0.4, -0.2) is 24.8 Å². The van der Waals surface area contributed by atoms with Crippen LogP contribution in [0.25, 0.3) is 0 Å². The molecular weight excluding hydrogens is 422 g/mol. The molecule has 25 heavy (non-hydrogen) atoms. The van der Waals surface area contributed by atoms with E-state index in [1.54, 1.807) is 11.8 Å². The molecule has 1 amide bonds. The van der Waals surface area contributed by atoms with Crippen LogP contribution in [0.5, 0.6) is 5.75 Å². The highest BCUT2D eigenvalue weighted by Gasteiger charge is 2.06. The summed E-state index contributed by atoms with van der Waals surface area (Å²) < 4.78 is 6.64. The SMILES string of the molecule is Cc1cc(OCC(=O)NCCSCc2ccccc2Cl)cc(C)c1Br. The van der Waals surface area contributed by atoms with Gasteiger partial charge in [0, 0.05) is 27.5 Å². The predicted molar refractivity (Wildman–Crippen MR) is 110 cm³/mol. The number of carbonyl (C=O) groups excluding carboxylic acids is 1. The van der Waals surface area contributed by atoms with E-state index in [9.17, 15) is 4.79 Å². The first kappa shape index (κ1) is 20.1. The van der Waals surface area contributed by atoms with Gasteiger partial charge in [0.15, 0.2) is 6.61 Å². The highest BCUT2D eigenvalue weighted by Crippen LogP contribution is 2.26. The largest absolute Gasteiger partial charge is 0.484 e. The number of nitrogens with one attached hydrogen (secondary N) is 1. The van der Waals surface area contributed by atoms with E-state index >= 15 is 0 Å².